The first kappa shape index (κ1) is 29.9. The number of carbonyl (C=O) groups is 1. The average molecular weight is 615 g/mol. The van der Waals surface area contributed by atoms with E-state index in [-0.39, 0.29) is 40.8 Å². The molecule has 3 heterocycles. The fraction of sp³-hybridized carbons (Fsp3) is 0.382. The molecule has 0 radical (unpaired) electrons. The second-order valence-electron chi connectivity index (χ2n) is 12.9. The number of ether oxygens (including phenoxy) is 2. The molecule has 1 amide bonds. The maximum absolute atomic E-state index is 13.6. The first-order valence-corrected chi connectivity index (χ1v) is 16.4. The summed E-state index contributed by atoms with van der Waals surface area (Å²) in [6.07, 6.45) is 3.74. The molecule has 0 spiro atoms. The molecule has 1 aliphatic carbocycles. The predicted molar refractivity (Wildman–Crippen MR) is 170 cm³/mol. The largest absolute Gasteiger partial charge is 0.473 e. The van der Waals surface area contributed by atoms with Crippen molar-refractivity contribution in [3.8, 4) is 17.1 Å². The van der Waals surface area contributed by atoms with Gasteiger partial charge in [-0.15, -0.1) is 0 Å². The number of benzene rings is 2. The van der Waals surface area contributed by atoms with E-state index >= 15 is 0 Å². The lowest BCUT2D eigenvalue weighted by atomic mass is 9.82. The minimum Gasteiger partial charge on any atom is -0.473 e. The van der Waals surface area contributed by atoms with Gasteiger partial charge in [-0.3, -0.25) is 0 Å². The van der Waals surface area contributed by atoms with Crippen LogP contribution < -0.4 is 9.46 Å². The van der Waals surface area contributed by atoms with Gasteiger partial charge in [0.15, 0.2) is 0 Å². The van der Waals surface area contributed by atoms with Crippen LogP contribution >= 0.6 is 0 Å². The van der Waals surface area contributed by atoms with Gasteiger partial charge in [-0.1, -0.05) is 54.6 Å². The summed E-state index contributed by atoms with van der Waals surface area (Å²) in [5.41, 5.74) is 4.62. The molecular weight excluding hydrogens is 576 g/mol. The van der Waals surface area contributed by atoms with E-state index in [9.17, 15) is 13.2 Å². The quantitative estimate of drug-likeness (QED) is 0.374. The van der Waals surface area contributed by atoms with Gasteiger partial charge in [-0.05, 0) is 75.3 Å². The van der Waals surface area contributed by atoms with E-state index in [2.05, 4.69) is 26.8 Å². The van der Waals surface area contributed by atoms with E-state index < -0.39 is 15.6 Å². The van der Waals surface area contributed by atoms with Crippen molar-refractivity contribution in [3.05, 3.63) is 93.9 Å². The molecule has 230 valence electrons. The number of amides is 1. The first-order chi connectivity index (χ1) is 20.9. The molecule has 3 aromatic rings. The molecule has 1 fully saturated rings. The van der Waals surface area contributed by atoms with Crippen LogP contribution in [0.2, 0.25) is 0 Å². The van der Waals surface area contributed by atoms with Crippen LogP contribution in [0.1, 0.15) is 43.9 Å². The monoisotopic (exact) mass is 614 g/mol. The van der Waals surface area contributed by atoms with Crippen LogP contribution in [0, 0.1) is 25.7 Å². The number of aromatic nitrogens is 2. The molecule has 1 saturated heterocycles. The fourth-order valence-electron chi connectivity index (χ4n) is 6.33. The Morgan fingerprint density at radius 1 is 1.02 bits per heavy atom. The summed E-state index contributed by atoms with van der Waals surface area (Å²) in [5, 5.41) is 0. The lowest BCUT2D eigenvalue weighted by Crippen LogP contribution is -2.38. The highest BCUT2D eigenvalue weighted by Crippen LogP contribution is 2.41. The van der Waals surface area contributed by atoms with Crippen molar-refractivity contribution < 1.29 is 22.7 Å². The van der Waals surface area contributed by atoms with Crippen LogP contribution in [0.15, 0.2) is 77.2 Å². The molecule has 2 bridgehead atoms. The Labute approximate surface area is 259 Å². The Bertz CT molecular complexity index is 1740. The number of allylic oxidation sites excluding steroid dienone is 3. The summed E-state index contributed by atoms with van der Waals surface area (Å²) in [6.45, 7) is 10.4. The molecule has 1 aromatic heterocycles. The van der Waals surface area contributed by atoms with Crippen molar-refractivity contribution in [2.45, 2.75) is 59.2 Å². The third kappa shape index (κ3) is 6.22. The zero-order valence-electron chi connectivity index (χ0n) is 25.7. The molecule has 2 aliphatic heterocycles. The Morgan fingerprint density at radius 2 is 1.75 bits per heavy atom. The van der Waals surface area contributed by atoms with E-state index in [4.69, 9.17) is 9.47 Å². The van der Waals surface area contributed by atoms with Gasteiger partial charge in [-0.25, -0.2) is 22.9 Å². The van der Waals surface area contributed by atoms with Crippen LogP contribution in [-0.4, -0.2) is 54.2 Å². The maximum Gasteiger partial charge on any atom is 0.410 e. The number of nitrogens with zero attached hydrogens (tertiary/aromatic N) is 3. The first-order valence-electron chi connectivity index (χ1n) is 14.9. The Morgan fingerprint density at radius 3 is 2.41 bits per heavy atom. The van der Waals surface area contributed by atoms with Gasteiger partial charge >= 0.3 is 6.09 Å². The van der Waals surface area contributed by atoms with Gasteiger partial charge in [0.05, 0.1) is 10.6 Å². The molecule has 1 N–H and O–H groups in total. The van der Waals surface area contributed by atoms with Gasteiger partial charge in [0.25, 0.3) is 10.0 Å². The number of fused-ring (bicyclic) bond motifs is 4. The number of aryl methyl sites for hydroxylation is 2. The van der Waals surface area contributed by atoms with E-state index in [1.54, 1.807) is 17.0 Å². The van der Waals surface area contributed by atoms with Crippen molar-refractivity contribution in [1.29, 1.82) is 0 Å². The van der Waals surface area contributed by atoms with E-state index in [0.29, 0.717) is 37.2 Å². The summed E-state index contributed by atoms with van der Waals surface area (Å²) >= 11 is 0. The molecule has 2 aromatic carbocycles. The third-order valence-corrected chi connectivity index (χ3v) is 9.79. The number of anilines is 1. The molecule has 6 rings (SSSR count). The highest BCUT2D eigenvalue weighted by atomic mass is 32.2. The van der Waals surface area contributed by atoms with Crippen molar-refractivity contribution >= 4 is 22.1 Å². The average Bonchev–Trinajstić information content (AvgIpc) is 3.33. The number of rotatable bonds is 3. The summed E-state index contributed by atoms with van der Waals surface area (Å²) in [5.74, 6) is 0.0252. The predicted octanol–water partition coefficient (Wildman–Crippen LogP) is 6.20. The molecule has 9 nitrogen and oxygen atoms in total. The van der Waals surface area contributed by atoms with Crippen LogP contribution in [0.3, 0.4) is 0 Å². The smallest absolute Gasteiger partial charge is 0.410 e. The van der Waals surface area contributed by atoms with E-state index in [1.807, 2.05) is 77.1 Å². The molecule has 10 heteroatoms. The Kier molecular flexibility index (Phi) is 7.73. The second-order valence-corrected chi connectivity index (χ2v) is 14.5. The SMILES string of the molecule is Cc1cccc(C)c1-c1cc2nc(n1)NS(=O)(=O)C1=CC=C1CC1CN(C(=O)OC(C)(C)C)CC1C(Cc1ccccc1)O2. The van der Waals surface area contributed by atoms with Crippen LogP contribution in [0.25, 0.3) is 11.3 Å². The Hall–Kier alpha value is -4.18. The third-order valence-electron chi connectivity index (χ3n) is 8.36. The Balaban J connectivity index is 1.46. The molecule has 3 unspecified atom stereocenters. The highest BCUT2D eigenvalue weighted by molar-refractivity contribution is 7.96. The molecule has 0 saturated carbocycles. The van der Waals surface area contributed by atoms with Gasteiger partial charge in [0.1, 0.15) is 11.7 Å². The molecular formula is C34H38N4O5S. The lowest BCUT2D eigenvalue weighted by molar-refractivity contribution is 0.0273. The number of hydrogen-bond acceptors (Lipinski definition) is 7. The minimum atomic E-state index is -3.96. The van der Waals surface area contributed by atoms with Crippen molar-refractivity contribution in [2.24, 2.45) is 11.8 Å². The number of nitrogens with one attached hydrogen (secondary N) is 1. The summed E-state index contributed by atoms with van der Waals surface area (Å²) < 4.78 is 42.3. The highest BCUT2D eigenvalue weighted by Gasteiger charge is 2.44. The van der Waals surface area contributed by atoms with Gasteiger partial charge in [0, 0.05) is 37.1 Å². The van der Waals surface area contributed by atoms with Crippen LogP contribution in [0.4, 0.5) is 10.7 Å². The maximum atomic E-state index is 13.6. The minimum absolute atomic E-state index is 0.0512. The van der Waals surface area contributed by atoms with Gasteiger partial charge < -0.3 is 14.4 Å². The van der Waals surface area contributed by atoms with Gasteiger partial charge in [0.2, 0.25) is 11.8 Å². The van der Waals surface area contributed by atoms with E-state index in [1.165, 1.54) is 0 Å². The fourth-order valence-corrected chi connectivity index (χ4v) is 7.51. The topological polar surface area (TPSA) is 111 Å². The van der Waals surface area contributed by atoms with Crippen LogP contribution in [0.5, 0.6) is 5.88 Å². The summed E-state index contributed by atoms with van der Waals surface area (Å²) in [4.78, 5) is 24.4. The van der Waals surface area contributed by atoms with Crippen molar-refractivity contribution in [3.63, 3.8) is 0 Å². The molecule has 44 heavy (non-hydrogen) atoms. The summed E-state index contributed by atoms with van der Waals surface area (Å²) in [6, 6.07) is 17.8. The normalized spacial score (nSPS) is 22.4. The van der Waals surface area contributed by atoms with Gasteiger partial charge in [-0.2, -0.15) is 4.98 Å². The van der Waals surface area contributed by atoms with Crippen molar-refractivity contribution in [1.82, 2.24) is 14.9 Å². The summed E-state index contributed by atoms with van der Waals surface area (Å²) in [7, 11) is -3.96. The number of carbonyl (C=O) groups excluding carboxylic acids is 1. The number of hydrogen-bond donors (Lipinski definition) is 1. The standard InChI is InChI=1S/C34H38N4O5S/c1-21-10-9-11-22(2)31(21)27-18-30-36-32(35-27)37-44(40,41)29-15-14-24(29)17-25-19-38(33(39)43-34(3,4)5)20-26(25)28(42-30)16-23-12-7-6-8-13-23/h6-15,18,25-26,28H,16-17,19-20H2,1-5H3,(H,35,36,37). The van der Waals surface area contributed by atoms with Crippen molar-refractivity contribution in [2.75, 3.05) is 17.8 Å². The second kappa shape index (κ2) is 11.4. The number of sulfonamides is 1. The zero-order valence-corrected chi connectivity index (χ0v) is 26.5. The van der Waals surface area contributed by atoms with E-state index in [0.717, 1.165) is 22.3 Å². The molecule has 3 aliphatic rings. The zero-order chi connectivity index (χ0) is 31.2. The molecule has 3 atom stereocenters. The number of likely N-dealkylation sites (tertiary alicyclic amines) is 1. The van der Waals surface area contributed by atoms with Crippen LogP contribution in [-0.2, 0) is 21.2 Å². The lowest BCUT2D eigenvalue weighted by Gasteiger charge is -2.31.